The third-order valence-electron chi connectivity index (χ3n) is 6.15. The molecule has 1 fully saturated rings. The first kappa shape index (κ1) is 18.4. The number of fused-ring (bicyclic) bond motifs is 5. The summed E-state index contributed by atoms with van der Waals surface area (Å²) in [6, 6.07) is 16.7. The van der Waals surface area contributed by atoms with Crippen molar-refractivity contribution >= 4 is 6.09 Å². The number of ether oxygens (including phenoxy) is 3. The van der Waals surface area contributed by atoms with Crippen molar-refractivity contribution in [2.45, 2.75) is 24.4 Å². The predicted octanol–water partition coefficient (Wildman–Crippen LogP) is 3.98. The maximum Gasteiger partial charge on any atom is 0.410 e. The minimum absolute atomic E-state index is 0.0135. The molecule has 3 aliphatic rings. The van der Waals surface area contributed by atoms with Gasteiger partial charge in [-0.1, -0.05) is 54.6 Å². The van der Waals surface area contributed by atoms with Gasteiger partial charge in [0, 0.05) is 13.0 Å². The number of hydrogen-bond donors (Lipinski definition) is 0. The molecule has 5 rings (SSSR count). The molecule has 1 amide bonds. The molecule has 2 heterocycles. The first-order valence-corrected chi connectivity index (χ1v) is 10.2. The van der Waals surface area contributed by atoms with Crippen LogP contribution in [0.5, 0.6) is 0 Å². The predicted molar refractivity (Wildman–Crippen MR) is 110 cm³/mol. The highest BCUT2D eigenvalue weighted by atomic mass is 16.6. The van der Waals surface area contributed by atoms with Gasteiger partial charge >= 0.3 is 6.09 Å². The molecule has 2 aliphatic heterocycles. The molecule has 5 nitrogen and oxygen atoms in total. The number of methoxy groups -OCH3 is 1. The van der Waals surface area contributed by atoms with Crippen LogP contribution in [0.4, 0.5) is 4.79 Å². The van der Waals surface area contributed by atoms with E-state index in [1.807, 2.05) is 17.0 Å². The van der Waals surface area contributed by atoms with Crippen molar-refractivity contribution in [3.05, 3.63) is 71.3 Å². The first-order chi connectivity index (χ1) is 14.3. The Kier molecular flexibility index (Phi) is 4.86. The first-order valence-electron chi connectivity index (χ1n) is 10.2. The molecule has 2 atom stereocenters. The molecule has 0 spiro atoms. The van der Waals surface area contributed by atoms with Gasteiger partial charge in [0.05, 0.1) is 31.9 Å². The molecule has 0 saturated carbocycles. The van der Waals surface area contributed by atoms with Crippen molar-refractivity contribution in [3.8, 4) is 11.1 Å². The molecule has 29 heavy (non-hydrogen) atoms. The van der Waals surface area contributed by atoms with Crippen molar-refractivity contribution in [1.82, 2.24) is 4.90 Å². The van der Waals surface area contributed by atoms with Crippen LogP contribution >= 0.6 is 0 Å². The van der Waals surface area contributed by atoms with Crippen LogP contribution in [0.25, 0.3) is 11.1 Å². The lowest BCUT2D eigenvalue weighted by molar-refractivity contribution is -0.0375. The minimum atomic E-state index is -0.252. The fourth-order valence-corrected chi connectivity index (χ4v) is 4.93. The summed E-state index contributed by atoms with van der Waals surface area (Å²) in [6.07, 6.45) is 2.62. The van der Waals surface area contributed by atoms with Crippen molar-refractivity contribution in [1.29, 1.82) is 0 Å². The molecule has 2 aromatic carbocycles. The molecule has 5 heteroatoms. The SMILES string of the molecule is COCC1=CC2COCC(C1)N2C(=O)OCC1c2ccccc2-c2ccccc21. The van der Waals surface area contributed by atoms with Gasteiger partial charge in [0.1, 0.15) is 6.61 Å². The molecule has 0 radical (unpaired) electrons. The Labute approximate surface area is 170 Å². The summed E-state index contributed by atoms with van der Waals surface area (Å²) < 4.78 is 16.8. The molecule has 0 N–H and O–H groups in total. The Morgan fingerprint density at radius 1 is 1.07 bits per heavy atom. The number of carbonyl (C=O) groups excluding carboxylic acids is 1. The number of benzene rings is 2. The Morgan fingerprint density at radius 2 is 1.76 bits per heavy atom. The van der Waals surface area contributed by atoms with E-state index in [-0.39, 0.29) is 24.1 Å². The maximum absolute atomic E-state index is 13.0. The van der Waals surface area contributed by atoms with Gasteiger partial charge < -0.3 is 14.2 Å². The Morgan fingerprint density at radius 3 is 2.41 bits per heavy atom. The molecule has 0 aromatic heterocycles. The highest BCUT2D eigenvalue weighted by molar-refractivity contribution is 5.79. The highest BCUT2D eigenvalue weighted by Gasteiger charge is 2.39. The van der Waals surface area contributed by atoms with Gasteiger partial charge in [0.25, 0.3) is 0 Å². The average Bonchev–Trinajstić information content (AvgIpc) is 3.05. The van der Waals surface area contributed by atoms with Crippen molar-refractivity contribution in [2.24, 2.45) is 0 Å². The number of morpholine rings is 1. The third kappa shape index (κ3) is 3.24. The molecule has 1 aliphatic carbocycles. The average molecular weight is 391 g/mol. The fourth-order valence-electron chi connectivity index (χ4n) is 4.93. The zero-order valence-electron chi connectivity index (χ0n) is 16.5. The summed E-state index contributed by atoms with van der Waals surface area (Å²) in [5.41, 5.74) is 6.16. The Hall–Kier alpha value is -2.63. The van der Waals surface area contributed by atoms with Gasteiger partial charge in [0.2, 0.25) is 0 Å². The maximum atomic E-state index is 13.0. The number of rotatable bonds is 4. The lowest BCUT2D eigenvalue weighted by Gasteiger charge is -2.43. The molecule has 2 aromatic rings. The van der Waals surface area contributed by atoms with Crippen LogP contribution in [0, 0.1) is 0 Å². The number of hydrogen-bond acceptors (Lipinski definition) is 4. The highest BCUT2D eigenvalue weighted by Crippen LogP contribution is 2.44. The quantitative estimate of drug-likeness (QED) is 0.740. The van der Waals surface area contributed by atoms with Gasteiger partial charge in [-0.2, -0.15) is 0 Å². The van der Waals surface area contributed by atoms with Crippen molar-refractivity contribution < 1.29 is 19.0 Å². The number of nitrogens with zero attached hydrogens (tertiary/aromatic N) is 1. The number of carbonyl (C=O) groups is 1. The summed E-state index contributed by atoms with van der Waals surface area (Å²) in [7, 11) is 1.70. The van der Waals surface area contributed by atoms with Crippen LogP contribution in [0.15, 0.2) is 60.2 Å². The smallest absolute Gasteiger partial charge is 0.410 e. The second kappa shape index (κ2) is 7.65. The van der Waals surface area contributed by atoms with Crippen LogP contribution in [0.3, 0.4) is 0 Å². The van der Waals surface area contributed by atoms with Crippen LogP contribution < -0.4 is 0 Å². The standard InChI is InChI=1S/C24H25NO4/c1-27-12-16-10-17-13-28-14-18(11-16)25(17)24(26)29-15-23-21-8-4-2-6-19(21)20-7-3-5-9-22(20)23/h2-10,17-18,23H,11-15H2,1H3. The topological polar surface area (TPSA) is 48.0 Å². The summed E-state index contributed by atoms with van der Waals surface area (Å²) in [5.74, 6) is 0.0758. The van der Waals surface area contributed by atoms with E-state index in [1.54, 1.807) is 7.11 Å². The summed E-state index contributed by atoms with van der Waals surface area (Å²) in [6.45, 7) is 2.00. The lowest BCUT2D eigenvalue weighted by atomic mass is 9.95. The van der Waals surface area contributed by atoms with Gasteiger partial charge in [0.15, 0.2) is 0 Å². The molecular formula is C24H25NO4. The molecule has 2 bridgehead atoms. The Bertz CT molecular complexity index is 908. The van der Waals surface area contributed by atoms with Crippen LogP contribution in [-0.2, 0) is 14.2 Å². The van der Waals surface area contributed by atoms with Crippen LogP contribution in [-0.4, -0.2) is 56.6 Å². The van der Waals surface area contributed by atoms with Crippen LogP contribution in [0.2, 0.25) is 0 Å². The van der Waals surface area contributed by atoms with E-state index in [2.05, 4.69) is 42.5 Å². The zero-order valence-corrected chi connectivity index (χ0v) is 16.5. The minimum Gasteiger partial charge on any atom is -0.448 e. The molecule has 1 saturated heterocycles. The summed E-state index contributed by atoms with van der Waals surface area (Å²) in [4.78, 5) is 14.9. The van der Waals surface area contributed by atoms with Gasteiger partial charge in [-0.25, -0.2) is 4.79 Å². The van der Waals surface area contributed by atoms with E-state index in [0.29, 0.717) is 26.4 Å². The van der Waals surface area contributed by atoms with E-state index in [1.165, 1.54) is 27.8 Å². The molecule has 2 unspecified atom stereocenters. The second-order valence-corrected chi connectivity index (χ2v) is 7.93. The Balaban J connectivity index is 1.34. The third-order valence-corrected chi connectivity index (χ3v) is 6.15. The van der Waals surface area contributed by atoms with Crippen molar-refractivity contribution in [2.75, 3.05) is 33.5 Å². The normalized spacial score (nSPS) is 22.7. The zero-order chi connectivity index (χ0) is 19.8. The van der Waals surface area contributed by atoms with Gasteiger partial charge in [-0.3, -0.25) is 4.90 Å². The lowest BCUT2D eigenvalue weighted by Crippen LogP contribution is -2.56. The van der Waals surface area contributed by atoms with Gasteiger partial charge in [-0.05, 0) is 34.2 Å². The van der Waals surface area contributed by atoms with Gasteiger partial charge in [-0.15, -0.1) is 0 Å². The van der Waals surface area contributed by atoms with Crippen LogP contribution in [0.1, 0.15) is 23.5 Å². The number of amides is 1. The van der Waals surface area contributed by atoms with E-state index in [9.17, 15) is 4.79 Å². The summed E-state index contributed by atoms with van der Waals surface area (Å²) >= 11 is 0. The van der Waals surface area contributed by atoms with E-state index in [0.717, 1.165) is 6.42 Å². The monoisotopic (exact) mass is 391 g/mol. The second-order valence-electron chi connectivity index (χ2n) is 7.93. The van der Waals surface area contributed by atoms with Crippen molar-refractivity contribution in [3.63, 3.8) is 0 Å². The van der Waals surface area contributed by atoms with E-state index in [4.69, 9.17) is 14.2 Å². The summed E-state index contributed by atoms with van der Waals surface area (Å²) in [5, 5.41) is 0. The van der Waals surface area contributed by atoms with E-state index >= 15 is 0 Å². The largest absolute Gasteiger partial charge is 0.448 e. The molecular weight excluding hydrogens is 366 g/mol. The molecule has 150 valence electrons. The van der Waals surface area contributed by atoms with E-state index < -0.39 is 0 Å². The fraction of sp³-hybridized carbons (Fsp3) is 0.375.